The van der Waals surface area contributed by atoms with Crippen molar-refractivity contribution in [1.29, 1.82) is 0 Å². The molecule has 1 fully saturated rings. The first-order valence-corrected chi connectivity index (χ1v) is 13.0. The summed E-state index contributed by atoms with van der Waals surface area (Å²) < 4.78 is 11.0. The summed E-state index contributed by atoms with van der Waals surface area (Å²) >= 11 is 0. The van der Waals surface area contributed by atoms with Gasteiger partial charge in [0.1, 0.15) is 23.9 Å². The maximum Gasteiger partial charge on any atom is 0.239 e. The molecular formula is C27H32N8O3. The molecule has 3 aliphatic heterocycles. The van der Waals surface area contributed by atoms with Crippen molar-refractivity contribution in [2.45, 2.75) is 19.9 Å². The normalized spacial score (nSPS) is 17.0. The molecule has 3 aromatic heterocycles. The number of morpholine rings is 1. The molecule has 0 spiro atoms. The predicted molar refractivity (Wildman–Crippen MR) is 145 cm³/mol. The van der Waals surface area contributed by atoms with Crippen LogP contribution in [0.1, 0.15) is 16.7 Å². The number of rotatable bonds is 6. The minimum absolute atomic E-state index is 0.0753. The Labute approximate surface area is 221 Å². The maximum atomic E-state index is 12.3. The van der Waals surface area contributed by atoms with Crippen molar-refractivity contribution in [3.63, 3.8) is 0 Å². The number of nitrogens with zero attached hydrogens (tertiary/aromatic N) is 5. The molecule has 6 rings (SSSR count). The highest BCUT2D eigenvalue weighted by atomic mass is 16.5. The SMILES string of the molecule is Cc1c(N2CCc3cnc(Nc4ccc(NC(=O)CN5CCOCC5)nc4)cc3C2)cnc2c1NCCO2. The van der Waals surface area contributed by atoms with Crippen molar-refractivity contribution in [3.05, 3.63) is 53.5 Å². The van der Waals surface area contributed by atoms with Crippen LogP contribution in [0.3, 0.4) is 0 Å². The van der Waals surface area contributed by atoms with E-state index in [2.05, 4.69) is 53.7 Å². The third-order valence-electron chi connectivity index (χ3n) is 7.13. The molecule has 38 heavy (non-hydrogen) atoms. The Bertz CT molecular complexity index is 1310. The number of hydrogen-bond acceptors (Lipinski definition) is 10. The molecular weight excluding hydrogens is 484 g/mol. The van der Waals surface area contributed by atoms with E-state index < -0.39 is 0 Å². The van der Waals surface area contributed by atoms with Crippen LogP contribution in [0, 0.1) is 6.92 Å². The molecule has 198 valence electrons. The summed E-state index contributed by atoms with van der Waals surface area (Å²) in [6, 6.07) is 5.79. The van der Waals surface area contributed by atoms with Crippen LogP contribution in [0.5, 0.6) is 5.88 Å². The van der Waals surface area contributed by atoms with Crippen molar-refractivity contribution in [2.24, 2.45) is 0 Å². The minimum atomic E-state index is -0.0753. The van der Waals surface area contributed by atoms with Gasteiger partial charge in [0, 0.05) is 44.5 Å². The van der Waals surface area contributed by atoms with E-state index in [0.29, 0.717) is 38.1 Å². The Balaban J connectivity index is 1.09. The number of carbonyl (C=O) groups is 1. The summed E-state index contributed by atoms with van der Waals surface area (Å²) in [5.74, 6) is 1.89. The Morgan fingerprint density at radius 2 is 1.89 bits per heavy atom. The summed E-state index contributed by atoms with van der Waals surface area (Å²) in [6.45, 7) is 8.45. The van der Waals surface area contributed by atoms with Gasteiger partial charge in [-0.2, -0.15) is 0 Å². The zero-order chi connectivity index (χ0) is 25.9. The van der Waals surface area contributed by atoms with Gasteiger partial charge in [-0.25, -0.2) is 15.0 Å². The quantitative estimate of drug-likeness (QED) is 0.451. The van der Waals surface area contributed by atoms with E-state index in [1.165, 1.54) is 11.1 Å². The van der Waals surface area contributed by atoms with Crippen molar-refractivity contribution < 1.29 is 14.3 Å². The van der Waals surface area contributed by atoms with Gasteiger partial charge < -0.3 is 30.3 Å². The summed E-state index contributed by atoms with van der Waals surface area (Å²) in [7, 11) is 0. The molecule has 0 saturated carbocycles. The number of amides is 1. The highest BCUT2D eigenvalue weighted by molar-refractivity contribution is 5.91. The number of nitrogens with one attached hydrogen (secondary N) is 3. The molecule has 0 unspecified atom stereocenters. The van der Waals surface area contributed by atoms with E-state index >= 15 is 0 Å². The Hall–Kier alpha value is -3.96. The summed E-state index contributed by atoms with van der Waals surface area (Å²) in [6.07, 6.45) is 6.49. The number of anilines is 5. The summed E-state index contributed by atoms with van der Waals surface area (Å²) in [5, 5.41) is 9.64. The van der Waals surface area contributed by atoms with Gasteiger partial charge in [-0.1, -0.05) is 0 Å². The second-order valence-corrected chi connectivity index (χ2v) is 9.73. The Morgan fingerprint density at radius 3 is 2.74 bits per heavy atom. The molecule has 6 heterocycles. The van der Waals surface area contributed by atoms with Crippen LogP contribution in [-0.2, 0) is 22.5 Å². The fraction of sp³-hybridized carbons (Fsp3) is 0.407. The van der Waals surface area contributed by atoms with Crippen LogP contribution >= 0.6 is 0 Å². The minimum Gasteiger partial charge on any atom is -0.474 e. The lowest BCUT2D eigenvalue weighted by atomic mass is 10.0. The second kappa shape index (κ2) is 10.8. The van der Waals surface area contributed by atoms with Crippen molar-refractivity contribution in [1.82, 2.24) is 19.9 Å². The van der Waals surface area contributed by atoms with Gasteiger partial charge in [0.2, 0.25) is 11.8 Å². The zero-order valence-electron chi connectivity index (χ0n) is 21.5. The van der Waals surface area contributed by atoms with Gasteiger partial charge in [-0.3, -0.25) is 9.69 Å². The predicted octanol–water partition coefficient (Wildman–Crippen LogP) is 2.56. The first-order valence-electron chi connectivity index (χ1n) is 13.0. The molecule has 0 bridgehead atoms. The number of aromatic nitrogens is 3. The zero-order valence-corrected chi connectivity index (χ0v) is 21.5. The Morgan fingerprint density at radius 1 is 1.03 bits per heavy atom. The number of fused-ring (bicyclic) bond motifs is 2. The average molecular weight is 517 g/mol. The van der Waals surface area contributed by atoms with E-state index in [1.54, 1.807) is 12.3 Å². The number of ether oxygens (including phenoxy) is 2. The van der Waals surface area contributed by atoms with Gasteiger partial charge in [-0.15, -0.1) is 0 Å². The lowest BCUT2D eigenvalue weighted by molar-refractivity contribution is -0.118. The fourth-order valence-corrected chi connectivity index (χ4v) is 5.08. The molecule has 3 aromatic rings. The number of hydrogen-bond donors (Lipinski definition) is 3. The molecule has 1 saturated heterocycles. The summed E-state index contributed by atoms with van der Waals surface area (Å²) in [4.78, 5) is 30.3. The van der Waals surface area contributed by atoms with Crippen molar-refractivity contribution in [2.75, 3.05) is 73.4 Å². The molecule has 0 atom stereocenters. The molecule has 0 radical (unpaired) electrons. The molecule has 0 aromatic carbocycles. The van der Waals surface area contributed by atoms with Crippen LogP contribution < -0.4 is 25.6 Å². The van der Waals surface area contributed by atoms with Gasteiger partial charge in [0.15, 0.2) is 0 Å². The van der Waals surface area contributed by atoms with Crippen LogP contribution in [0.2, 0.25) is 0 Å². The molecule has 11 heteroatoms. The number of pyridine rings is 3. The largest absolute Gasteiger partial charge is 0.474 e. The fourth-order valence-electron chi connectivity index (χ4n) is 5.08. The standard InChI is InChI=1S/C27H32N8O3/c1-18-22(15-31-27-26(18)28-5-9-38-27)35-6-4-19-13-29-24(12-20(19)16-35)32-21-2-3-23(30-14-21)33-25(36)17-34-7-10-37-11-8-34/h2-3,12-15,28H,4-11,16-17H2,1H3,(H,29,32)(H,30,33,36). The molecule has 11 nitrogen and oxygen atoms in total. The molecule has 3 N–H and O–H groups in total. The first-order chi connectivity index (χ1) is 18.6. The maximum absolute atomic E-state index is 12.3. The van der Waals surface area contributed by atoms with Crippen LogP contribution in [-0.4, -0.2) is 78.3 Å². The van der Waals surface area contributed by atoms with Crippen molar-refractivity contribution in [3.8, 4) is 5.88 Å². The van der Waals surface area contributed by atoms with Gasteiger partial charge in [0.05, 0.1) is 43.5 Å². The van der Waals surface area contributed by atoms with Crippen LogP contribution in [0.25, 0.3) is 0 Å². The monoisotopic (exact) mass is 516 g/mol. The highest BCUT2D eigenvalue weighted by Crippen LogP contribution is 2.36. The van der Waals surface area contributed by atoms with Crippen LogP contribution in [0.4, 0.5) is 28.7 Å². The van der Waals surface area contributed by atoms with E-state index in [1.807, 2.05) is 18.5 Å². The lowest BCUT2D eigenvalue weighted by Gasteiger charge is -2.33. The first kappa shape index (κ1) is 24.4. The number of carbonyl (C=O) groups excluding carboxylic acids is 1. The third-order valence-corrected chi connectivity index (χ3v) is 7.13. The second-order valence-electron chi connectivity index (χ2n) is 9.73. The third kappa shape index (κ3) is 5.34. The molecule has 1 amide bonds. The van der Waals surface area contributed by atoms with Gasteiger partial charge >= 0.3 is 0 Å². The van der Waals surface area contributed by atoms with Gasteiger partial charge in [-0.05, 0) is 42.7 Å². The highest BCUT2D eigenvalue weighted by Gasteiger charge is 2.23. The lowest BCUT2D eigenvalue weighted by Crippen LogP contribution is -2.41. The van der Waals surface area contributed by atoms with Crippen molar-refractivity contribution >= 4 is 34.6 Å². The van der Waals surface area contributed by atoms with E-state index in [4.69, 9.17) is 9.47 Å². The smallest absolute Gasteiger partial charge is 0.239 e. The van der Waals surface area contributed by atoms with E-state index in [0.717, 1.165) is 67.6 Å². The topological polar surface area (TPSA) is 117 Å². The van der Waals surface area contributed by atoms with Gasteiger partial charge in [0.25, 0.3) is 0 Å². The van der Waals surface area contributed by atoms with E-state index in [9.17, 15) is 4.79 Å². The summed E-state index contributed by atoms with van der Waals surface area (Å²) in [5.41, 5.74) is 6.56. The van der Waals surface area contributed by atoms with E-state index in [-0.39, 0.29) is 5.91 Å². The Kier molecular flexibility index (Phi) is 6.93. The van der Waals surface area contributed by atoms with Crippen LogP contribution in [0.15, 0.2) is 36.8 Å². The average Bonchev–Trinajstić information content (AvgIpc) is 2.95. The molecule has 0 aliphatic carbocycles. The molecule has 3 aliphatic rings.